The maximum Gasteiger partial charge on any atom is 0.335 e. The van der Waals surface area contributed by atoms with Crippen molar-refractivity contribution in [1.82, 2.24) is 0 Å². The van der Waals surface area contributed by atoms with E-state index in [0.29, 0.717) is 24.5 Å². The van der Waals surface area contributed by atoms with Crippen molar-refractivity contribution in [2.45, 2.75) is 13.8 Å². The summed E-state index contributed by atoms with van der Waals surface area (Å²) in [6.07, 6.45) is 0. The Labute approximate surface area is 145 Å². The molecule has 2 aromatic rings. The van der Waals surface area contributed by atoms with E-state index in [-0.39, 0.29) is 5.56 Å². The largest absolute Gasteiger partial charge is 0.478 e. The van der Waals surface area contributed by atoms with Gasteiger partial charge in [0.2, 0.25) is 0 Å². The fraction of sp³-hybridized carbons (Fsp3) is 0.222. The molecule has 0 bridgehead atoms. The highest BCUT2D eigenvalue weighted by molar-refractivity contribution is 5.88. The first kappa shape index (κ1) is 20.1. The summed E-state index contributed by atoms with van der Waals surface area (Å²) in [7, 11) is 0. The van der Waals surface area contributed by atoms with Gasteiger partial charge < -0.3 is 10.2 Å². The first-order chi connectivity index (χ1) is 12.0. The summed E-state index contributed by atoms with van der Waals surface area (Å²) >= 11 is 0. The van der Waals surface area contributed by atoms with Crippen molar-refractivity contribution >= 4 is 17.6 Å². The fourth-order valence-electron chi connectivity index (χ4n) is 1.73. The molecule has 0 unspecified atom stereocenters. The quantitative estimate of drug-likeness (QED) is 0.740. The molecular weight excluding hydrogens is 326 g/mol. The van der Waals surface area contributed by atoms with Crippen molar-refractivity contribution in [2.24, 2.45) is 0 Å². The predicted molar refractivity (Wildman–Crippen MR) is 92.5 cm³/mol. The molecule has 0 aromatic heterocycles. The lowest BCUT2D eigenvalue weighted by atomic mass is 10.2. The highest BCUT2D eigenvalue weighted by atomic mass is 16.9. The lowest BCUT2D eigenvalue weighted by Gasteiger charge is -2.21. The van der Waals surface area contributed by atoms with Crippen LogP contribution in [0.15, 0.2) is 54.6 Å². The molecule has 2 N–H and O–H groups in total. The number of aromatic carboxylic acids is 2. The van der Waals surface area contributed by atoms with Crippen LogP contribution in [0.5, 0.6) is 0 Å². The van der Waals surface area contributed by atoms with E-state index >= 15 is 0 Å². The van der Waals surface area contributed by atoms with Crippen molar-refractivity contribution in [2.75, 3.05) is 18.4 Å². The SMILES string of the molecule is CCON(OCC)c1ccc(C(=O)O)cc1.O=C(O)c1ccccc1. The Kier molecular flexibility index (Phi) is 8.70. The highest BCUT2D eigenvalue weighted by Crippen LogP contribution is 2.16. The third kappa shape index (κ3) is 7.03. The van der Waals surface area contributed by atoms with Crippen molar-refractivity contribution in [3.63, 3.8) is 0 Å². The van der Waals surface area contributed by atoms with E-state index in [2.05, 4.69) is 0 Å². The maximum atomic E-state index is 10.7. The Bertz CT molecular complexity index is 651. The minimum Gasteiger partial charge on any atom is -0.478 e. The molecule has 0 aliphatic carbocycles. The van der Waals surface area contributed by atoms with Crippen molar-refractivity contribution in [1.29, 1.82) is 0 Å². The second kappa shape index (κ2) is 10.8. The average molecular weight is 347 g/mol. The number of carboxylic acids is 2. The number of hydrogen-bond donors (Lipinski definition) is 2. The van der Waals surface area contributed by atoms with E-state index in [9.17, 15) is 9.59 Å². The van der Waals surface area contributed by atoms with E-state index in [1.807, 2.05) is 13.8 Å². The monoisotopic (exact) mass is 347 g/mol. The molecule has 0 atom stereocenters. The number of nitrogens with zero attached hydrogens (tertiary/aromatic N) is 1. The Morgan fingerprint density at radius 2 is 1.24 bits per heavy atom. The van der Waals surface area contributed by atoms with Crippen LogP contribution in [0.1, 0.15) is 34.6 Å². The summed E-state index contributed by atoms with van der Waals surface area (Å²) in [6.45, 7) is 4.64. The zero-order valence-corrected chi connectivity index (χ0v) is 14.1. The van der Waals surface area contributed by atoms with E-state index in [1.54, 1.807) is 42.5 Å². The molecule has 0 aliphatic heterocycles. The number of carbonyl (C=O) groups is 2. The van der Waals surface area contributed by atoms with Crippen LogP contribution in [0.3, 0.4) is 0 Å². The number of anilines is 1. The van der Waals surface area contributed by atoms with Gasteiger partial charge in [-0.3, -0.25) is 0 Å². The van der Waals surface area contributed by atoms with Gasteiger partial charge in [-0.05, 0) is 50.2 Å². The fourth-order valence-corrected chi connectivity index (χ4v) is 1.73. The first-order valence-corrected chi connectivity index (χ1v) is 7.67. The molecule has 7 nitrogen and oxygen atoms in total. The minimum absolute atomic E-state index is 0.233. The molecule has 0 spiro atoms. The molecule has 7 heteroatoms. The van der Waals surface area contributed by atoms with Gasteiger partial charge in [0.1, 0.15) is 0 Å². The van der Waals surface area contributed by atoms with Crippen LogP contribution in [0.25, 0.3) is 0 Å². The third-order valence-electron chi connectivity index (χ3n) is 2.84. The van der Waals surface area contributed by atoms with E-state index in [4.69, 9.17) is 19.9 Å². The normalized spacial score (nSPS) is 9.68. The van der Waals surface area contributed by atoms with E-state index in [0.717, 1.165) is 0 Å². The molecular formula is C18H21NO6. The lowest BCUT2D eigenvalue weighted by molar-refractivity contribution is -0.0817. The summed E-state index contributed by atoms with van der Waals surface area (Å²) in [5.74, 6) is -1.83. The molecule has 0 aliphatic rings. The molecule has 0 fully saturated rings. The minimum atomic E-state index is -0.953. The maximum absolute atomic E-state index is 10.7. The van der Waals surface area contributed by atoms with E-state index in [1.165, 1.54) is 17.4 Å². The molecule has 0 saturated carbocycles. The van der Waals surface area contributed by atoms with Gasteiger partial charge in [-0.2, -0.15) is 0 Å². The Morgan fingerprint density at radius 3 is 1.60 bits per heavy atom. The average Bonchev–Trinajstić information content (AvgIpc) is 2.63. The van der Waals surface area contributed by atoms with Gasteiger partial charge in [0.05, 0.1) is 30.0 Å². The summed E-state index contributed by atoms with van der Waals surface area (Å²) < 4.78 is 0. The van der Waals surface area contributed by atoms with Crippen LogP contribution in [-0.4, -0.2) is 35.4 Å². The van der Waals surface area contributed by atoms with Gasteiger partial charge in [-0.25, -0.2) is 19.3 Å². The van der Waals surface area contributed by atoms with E-state index < -0.39 is 11.9 Å². The second-order valence-electron chi connectivity index (χ2n) is 4.62. The van der Waals surface area contributed by atoms with Crippen molar-refractivity contribution in [3.05, 3.63) is 65.7 Å². The van der Waals surface area contributed by atoms with Crippen LogP contribution in [-0.2, 0) is 9.68 Å². The summed E-state index contributed by atoms with van der Waals surface area (Å²) in [4.78, 5) is 31.3. The number of carboxylic acid groups (broad SMARTS) is 2. The van der Waals surface area contributed by atoms with Gasteiger partial charge in [-0.15, -0.1) is 5.23 Å². The number of rotatable bonds is 7. The molecule has 0 saturated heterocycles. The van der Waals surface area contributed by atoms with Crippen LogP contribution >= 0.6 is 0 Å². The van der Waals surface area contributed by atoms with Gasteiger partial charge in [0.25, 0.3) is 0 Å². The van der Waals surface area contributed by atoms with Crippen molar-refractivity contribution in [3.8, 4) is 0 Å². The molecule has 134 valence electrons. The molecule has 2 aromatic carbocycles. The number of hydrogen-bond acceptors (Lipinski definition) is 5. The zero-order valence-electron chi connectivity index (χ0n) is 14.1. The Balaban J connectivity index is 0.000000293. The summed E-state index contributed by atoms with van der Waals surface area (Å²) in [5.41, 5.74) is 1.22. The zero-order chi connectivity index (χ0) is 18.7. The van der Waals surface area contributed by atoms with Crippen LogP contribution in [0.2, 0.25) is 0 Å². The highest BCUT2D eigenvalue weighted by Gasteiger charge is 2.08. The predicted octanol–water partition coefficient (Wildman–Crippen LogP) is 3.48. The summed E-state index contributed by atoms with van der Waals surface area (Å²) in [6, 6.07) is 14.6. The first-order valence-electron chi connectivity index (χ1n) is 7.67. The standard InChI is InChI=1S/C11H15NO4.C7H6O2/c1-3-15-12(16-4-2)10-7-5-9(6-8-10)11(13)14;8-7(9)6-4-2-1-3-5-6/h5-8H,3-4H2,1-2H3,(H,13,14);1-5H,(H,8,9). The van der Waals surface area contributed by atoms with Crippen LogP contribution in [0, 0.1) is 0 Å². The van der Waals surface area contributed by atoms with Crippen molar-refractivity contribution < 1.29 is 29.5 Å². The van der Waals surface area contributed by atoms with Gasteiger partial charge >= 0.3 is 11.9 Å². The molecule has 0 heterocycles. The van der Waals surface area contributed by atoms with Gasteiger partial charge in [-0.1, -0.05) is 18.2 Å². The smallest absolute Gasteiger partial charge is 0.335 e. The topological polar surface area (TPSA) is 96.3 Å². The lowest BCUT2D eigenvalue weighted by Crippen LogP contribution is -2.23. The summed E-state index contributed by atoms with van der Waals surface area (Å²) in [5, 5.41) is 18.4. The molecule has 0 radical (unpaired) electrons. The van der Waals surface area contributed by atoms with Gasteiger partial charge in [0.15, 0.2) is 0 Å². The van der Waals surface area contributed by atoms with Crippen LogP contribution in [0.4, 0.5) is 5.69 Å². The van der Waals surface area contributed by atoms with Crippen LogP contribution < -0.4 is 5.23 Å². The Morgan fingerprint density at radius 1 is 0.800 bits per heavy atom. The third-order valence-corrected chi connectivity index (χ3v) is 2.84. The Hall–Kier alpha value is -2.90. The molecule has 2 rings (SSSR count). The number of benzene rings is 2. The van der Waals surface area contributed by atoms with Gasteiger partial charge in [0, 0.05) is 0 Å². The second-order valence-corrected chi connectivity index (χ2v) is 4.62. The molecule has 0 amide bonds. The molecule has 25 heavy (non-hydrogen) atoms.